The largest absolute Gasteiger partial charge is 0.491 e. The molecule has 1 rings (SSSR count). The summed E-state index contributed by atoms with van der Waals surface area (Å²) < 4.78 is 70.7. The minimum Gasteiger partial charge on any atom is -0.491 e. The van der Waals surface area contributed by atoms with Crippen molar-refractivity contribution in [2.75, 3.05) is 26.2 Å². The molecule has 0 fully saturated rings. The van der Waals surface area contributed by atoms with Crippen LogP contribution in [0.5, 0.6) is 5.75 Å². The zero-order valence-electron chi connectivity index (χ0n) is 23.7. The molecule has 0 atom stereocenters. The van der Waals surface area contributed by atoms with Crippen molar-refractivity contribution in [2.24, 2.45) is 38.1 Å². The number of aliphatic carboxylic acids is 2. The van der Waals surface area contributed by atoms with E-state index in [1.807, 2.05) is 12.1 Å². The van der Waals surface area contributed by atoms with E-state index >= 15 is 0 Å². The van der Waals surface area contributed by atoms with Gasteiger partial charge in [-0.05, 0) is 75.2 Å². The number of aliphatic imine (C=N–C) groups is 2. The molecule has 0 aromatic heterocycles. The van der Waals surface area contributed by atoms with Gasteiger partial charge in [0.05, 0.1) is 15.6 Å². The van der Waals surface area contributed by atoms with Gasteiger partial charge in [-0.15, -0.1) is 0 Å². The van der Waals surface area contributed by atoms with Gasteiger partial charge in [-0.25, -0.2) is 9.59 Å². The zero-order valence-corrected chi connectivity index (χ0v) is 26.8. The van der Waals surface area contributed by atoms with Gasteiger partial charge >= 0.3 is 24.3 Å². The lowest BCUT2D eigenvalue weighted by molar-refractivity contribution is -0.193. The molecule has 0 spiro atoms. The van der Waals surface area contributed by atoms with E-state index in [2.05, 4.69) is 52.3 Å². The van der Waals surface area contributed by atoms with Gasteiger partial charge in [-0.2, -0.15) is 26.3 Å². The second-order valence-electron chi connectivity index (χ2n) is 8.35. The molecule has 0 aliphatic rings. The predicted octanol–water partition coefficient (Wildman–Crippen LogP) is 2.45. The summed E-state index contributed by atoms with van der Waals surface area (Å²) in [5.74, 6) is -5.19. The molecule has 262 valence electrons. The third-order valence-electron chi connectivity index (χ3n) is 4.56. The van der Waals surface area contributed by atoms with Crippen molar-refractivity contribution in [1.82, 2.24) is 5.32 Å². The molecule has 1 amide bonds. The van der Waals surface area contributed by atoms with Crippen LogP contribution < -0.4 is 33.0 Å². The Hall–Kier alpha value is -4.02. The van der Waals surface area contributed by atoms with Crippen LogP contribution in [0.4, 0.5) is 26.3 Å². The van der Waals surface area contributed by atoms with Gasteiger partial charge in [0, 0.05) is 26.1 Å². The van der Waals surface area contributed by atoms with E-state index in [0.717, 1.165) is 24.8 Å². The first-order chi connectivity index (χ1) is 21.1. The number of carbonyl (C=O) groups excluding carboxylic acids is 1. The quantitative estimate of drug-likeness (QED) is 0.0338. The van der Waals surface area contributed by atoms with Crippen molar-refractivity contribution >= 4 is 67.3 Å². The van der Waals surface area contributed by atoms with Crippen molar-refractivity contribution in [1.29, 1.82) is 0 Å². The number of oxime groups is 1. The highest BCUT2D eigenvalue weighted by Crippen LogP contribution is 2.35. The van der Waals surface area contributed by atoms with Crippen molar-refractivity contribution in [3.8, 4) is 5.75 Å². The van der Waals surface area contributed by atoms with Crippen LogP contribution in [-0.2, 0) is 20.8 Å². The Morgan fingerprint density at radius 2 is 1.22 bits per heavy atom. The Bertz CT molecular complexity index is 1180. The number of carboxylic acids is 2. The van der Waals surface area contributed by atoms with E-state index < -0.39 is 30.2 Å². The molecule has 0 bridgehead atoms. The maximum absolute atomic E-state index is 12.3. The fraction of sp³-hybridized carbons (Fsp3) is 0.478. The van der Waals surface area contributed by atoms with Crippen molar-refractivity contribution in [2.45, 2.75) is 44.5 Å². The maximum atomic E-state index is 12.3. The number of unbranched alkanes of at least 4 members (excludes halogenated alkanes) is 2. The number of ether oxygens (including phenoxy) is 1. The second-order valence-corrected chi connectivity index (χ2v) is 10.1. The summed E-state index contributed by atoms with van der Waals surface area (Å²) in [6.07, 6.45) is -7.03. The normalized spacial score (nSPS) is 11.1. The summed E-state index contributed by atoms with van der Waals surface area (Å²) in [5, 5.41) is 29.4. The van der Waals surface area contributed by atoms with Crippen LogP contribution in [0.25, 0.3) is 0 Å². The van der Waals surface area contributed by atoms with Crippen LogP contribution in [0.15, 0.2) is 36.2 Å². The number of guanidine groups is 2. The number of nitrogens with zero attached hydrogens (tertiary/aromatic N) is 3. The Morgan fingerprint density at radius 3 is 1.59 bits per heavy atom. The first-order valence-corrected chi connectivity index (χ1v) is 14.0. The Morgan fingerprint density at radius 1 is 0.804 bits per heavy atom. The highest BCUT2D eigenvalue weighted by molar-refractivity contribution is 9.11. The third-order valence-corrected chi connectivity index (χ3v) is 5.73. The van der Waals surface area contributed by atoms with Gasteiger partial charge in [0.2, 0.25) is 0 Å². The second kappa shape index (κ2) is 22.5. The lowest BCUT2D eigenvalue weighted by atomic mass is 10.1. The number of halogens is 8. The highest BCUT2D eigenvalue weighted by atomic mass is 79.9. The number of amides is 1. The number of rotatable bonds is 14. The molecule has 0 aliphatic heterocycles. The first-order valence-electron chi connectivity index (χ1n) is 12.4. The number of benzene rings is 1. The van der Waals surface area contributed by atoms with Crippen LogP contribution in [0.1, 0.15) is 31.2 Å². The number of alkyl halides is 6. The van der Waals surface area contributed by atoms with Gasteiger partial charge in [0.25, 0.3) is 5.91 Å². The molecule has 0 heterocycles. The number of nitrogens with one attached hydrogen (secondary N) is 1. The summed E-state index contributed by atoms with van der Waals surface area (Å²) in [6, 6.07) is 3.63. The summed E-state index contributed by atoms with van der Waals surface area (Å²) in [6.45, 7) is 1.95. The van der Waals surface area contributed by atoms with E-state index in [-0.39, 0.29) is 24.1 Å². The van der Waals surface area contributed by atoms with Gasteiger partial charge in [-0.3, -0.25) is 14.8 Å². The zero-order chi connectivity index (χ0) is 36.1. The molecule has 15 nitrogen and oxygen atoms in total. The summed E-state index contributed by atoms with van der Waals surface area (Å²) in [4.78, 5) is 37.9. The summed E-state index contributed by atoms with van der Waals surface area (Å²) in [5.41, 5.74) is 21.9. The standard InChI is InChI=1S/C19H30Br2N8O3.2C2HF3O2/c20-13-9-12(10-14(21)16(13)32-8-4-3-7-28-19(24)25)11-15(29-31)17(30)26-5-1-2-6-27-18(22)23;2*3-2(4,5)1(6)7/h9-10,31H,1-8,11H2,(H,26,30)(H4,22,23,27)(H4,24,25,28);2*(H,6,7)/b29-15-;;. The Kier molecular flexibility index (Phi) is 21.6. The Labute approximate surface area is 274 Å². The minimum atomic E-state index is -5.08. The monoisotopic (exact) mass is 804 g/mol. The van der Waals surface area contributed by atoms with Crippen LogP contribution >= 0.6 is 31.9 Å². The van der Waals surface area contributed by atoms with Gasteiger partial charge in [0.15, 0.2) is 11.9 Å². The van der Waals surface area contributed by atoms with Gasteiger partial charge in [-0.1, -0.05) is 5.16 Å². The molecule has 0 aliphatic carbocycles. The molecule has 0 unspecified atom stereocenters. The van der Waals surface area contributed by atoms with Crippen LogP contribution in [-0.4, -0.2) is 89.5 Å². The van der Waals surface area contributed by atoms with E-state index in [4.69, 9.17) is 47.5 Å². The maximum Gasteiger partial charge on any atom is 0.490 e. The molecular weight excluding hydrogens is 774 g/mol. The summed E-state index contributed by atoms with van der Waals surface area (Å²) in [7, 11) is 0. The molecule has 23 heteroatoms. The molecule has 0 saturated carbocycles. The van der Waals surface area contributed by atoms with Crippen LogP contribution in [0, 0.1) is 0 Å². The van der Waals surface area contributed by atoms with Crippen molar-refractivity contribution in [3.05, 3.63) is 26.6 Å². The van der Waals surface area contributed by atoms with E-state index in [0.29, 0.717) is 47.4 Å². The van der Waals surface area contributed by atoms with Crippen molar-refractivity contribution in [3.63, 3.8) is 0 Å². The molecule has 0 radical (unpaired) electrons. The lowest BCUT2D eigenvalue weighted by Gasteiger charge is -2.13. The molecular formula is C23H32Br2F6N8O7. The fourth-order valence-corrected chi connectivity index (χ4v) is 4.06. The Balaban J connectivity index is 0. The lowest BCUT2D eigenvalue weighted by Crippen LogP contribution is -2.33. The van der Waals surface area contributed by atoms with Gasteiger partial charge < -0.3 is 48.4 Å². The minimum absolute atomic E-state index is 0.00132. The SMILES string of the molecule is NC(N)=NCCCCNC(=O)/C(Cc1cc(Br)c(OCCCCN=C(N)N)c(Br)c1)=N\O.O=C(O)C(F)(F)F.O=C(O)C(F)(F)F. The van der Waals surface area contributed by atoms with E-state index in [1.54, 1.807) is 0 Å². The number of carboxylic acid groups (broad SMARTS) is 2. The average Bonchev–Trinajstić information content (AvgIpc) is 2.91. The average molecular weight is 806 g/mol. The van der Waals surface area contributed by atoms with Crippen LogP contribution in [0.2, 0.25) is 0 Å². The third kappa shape index (κ3) is 22.5. The topological polar surface area (TPSA) is 274 Å². The first kappa shape index (κ1) is 44.1. The molecule has 12 N–H and O–H groups in total. The molecule has 1 aromatic carbocycles. The molecule has 1 aromatic rings. The van der Waals surface area contributed by atoms with Gasteiger partial charge in [0.1, 0.15) is 11.5 Å². The van der Waals surface area contributed by atoms with Crippen LogP contribution in [0.3, 0.4) is 0 Å². The molecule has 0 saturated heterocycles. The van der Waals surface area contributed by atoms with E-state index in [1.165, 1.54) is 0 Å². The van der Waals surface area contributed by atoms with E-state index in [9.17, 15) is 36.3 Å². The number of hydrogen-bond acceptors (Lipinski definition) is 8. The predicted molar refractivity (Wildman–Crippen MR) is 160 cm³/mol. The molecule has 46 heavy (non-hydrogen) atoms. The fourth-order valence-electron chi connectivity index (χ4n) is 2.55. The summed E-state index contributed by atoms with van der Waals surface area (Å²) >= 11 is 6.97. The highest BCUT2D eigenvalue weighted by Gasteiger charge is 2.38. The number of nitrogens with two attached hydrogens (primary N) is 4. The van der Waals surface area contributed by atoms with Crippen molar-refractivity contribution < 1.29 is 60.9 Å². The number of hydrogen-bond donors (Lipinski definition) is 8. The smallest absolute Gasteiger partial charge is 0.490 e. The number of carbonyl (C=O) groups is 3.